The van der Waals surface area contributed by atoms with E-state index in [9.17, 15) is 4.79 Å². The zero-order valence-electron chi connectivity index (χ0n) is 16.4. The maximum absolute atomic E-state index is 11.3. The van der Waals surface area contributed by atoms with Crippen molar-refractivity contribution in [3.63, 3.8) is 0 Å². The Morgan fingerprint density at radius 1 is 1.07 bits per heavy atom. The molecule has 0 unspecified atom stereocenters. The number of amides is 1. The second-order valence-corrected chi connectivity index (χ2v) is 7.34. The van der Waals surface area contributed by atoms with Gasteiger partial charge in [0.05, 0.1) is 11.4 Å². The molecule has 0 radical (unpaired) electrons. The van der Waals surface area contributed by atoms with Gasteiger partial charge in [-0.15, -0.1) is 10.2 Å². The fourth-order valence-electron chi connectivity index (χ4n) is 3.13. The van der Waals surface area contributed by atoms with E-state index in [0.29, 0.717) is 5.16 Å². The zero-order valence-corrected chi connectivity index (χ0v) is 17.2. The Hall–Kier alpha value is -2.80. The molecule has 0 aliphatic heterocycles. The number of anilines is 1. The number of carbonyl (C=O) groups is 1. The van der Waals surface area contributed by atoms with Crippen LogP contribution in [0.15, 0.2) is 53.7 Å². The minimum atomic E-state index is -0.380. The highest BCUT2D eigenvalue weighted by molar-refractivity contribution is 7.99. The maximum Gasteiger partial charge on any atom is 0.227 e. The summed E-state index contributed by atoms with van der Waals surface area (Å²) in [4.78, 5) is 13.6. The van der Waals surface area contributed by atoms with Crippen molar-refractivity contribution in [2.45, 2.75) is 25.9 Å². The summed E-state index contributed by atoms with van der Waals surface area (Å²) in [6, 6.07) is 16.4. The minimum absolute atomic E-state index is 0.158. The van der Waals surface area contributed by atoms with Crippen LogP contribution < -0.4 is 10.6 Å². The number of hydrogen-bond donors (Lipinski definition) is 1. The number of carbonyl (C=O) groups excluding carboxylic acids is 1. The van der Waals surface area contributed by atoms with Crippen molar-refractivity contribution in [2.24, 2.45) is 5.73 Å². The first kappa shape index (κ1) is 19.9. The fraction of sp³-hybridized carbons (Fsp3) is 0.286. The van der Waals surface area contributed by atoms with Crippen LogP contribution >= 0.6 is 11.8 Å². The van der Waals surface area contributed by atoms with Gasteiger partial charge in [-0.2, -0.15) is 0 Å². The van der Waals surface area contributed by atoms with Gasteiger partial charge in [-0.3, -0.25) is 9.36 Å². The fourth-order valence-corrected chi connectivity index (χ4v) is 3.81. The Morgan fingerprint density at radius 2 is 1.75 bits per heavy atom. The van der Waals surface area contributed by atoms with Gasteiger partial charge in [0.1, 0.15) is 0 Å². The van der Waals surface area contributed by atoms with E-state index in [1.165, 1.54) is 17.4 Å². The molecule has 3 rings (SSSR count). The van der Waals surface area contributed by atoms with E-state index >= 15 is 0 Å². The second-order valence-electron chi connectivity index (χ2n) is 6.40. The standard InChI is InChI=1S/C21H25N5OS/c1-4-25(5-2)17-12-10-16(11-13-17)20-23-24-21(28-14-19(22)27)26(20)18-9-7-6-8-15(18)3/h6-13H,4-5,14H2,1-3H3,(H2,22,27). The molecule has 0 saturated carbocycles. The van der Waals surface area contributed by atoms with Crippen LogP contribution in [0.25, 0.3) is 17.1 Å². The third-order valence-electron chi connectivity index (χ3n) is 4.59. The molecule has 146 valence electrons. The molecule has 28 heavy (non-hydrogen) atoms. The topological polar surface area (TPSA) is 77.0 Å². The van der Waals surface area contributed by atoms with Gasteiger partial charge in [0.15, 0.2) is 11.0 Å². The van der Waals surface area contributed by atoms with Gasteiger partial charge in [-0.05, 0) is 56.7 Å². The summed E-state index contributed by atoms with van der Waals surface area (Å²) >= 11 is 1.30. The Bertz CT molecular complexity index is 948. The van der Waals surface area contributed by atoms with Crippen molar-refractivity contribution in [3.05, 3.63) is 54.1 Å². The number of nitrogens with two attached hydrogens (primary N) is 1. The first-order valence-electron chi connectivity index (χ1n) is 9.33. The van der Waals surface area contributed by atoms with Gasteiger partial charge in [0.25, 0.3) is 0 Å². The number of hydrogen-bond acceptors (Lipinski definition) is 5. The molecule has 2 aromatic carbocycles. The first-order valence-corrected chi connectivity index (χ1v) is 10.3. The molecule has 1 heterocycles. The van der Waals surface area contributed by atoms with Crippen LogP contribution in [0, 0.1) is 6.92 Å². The molecule has 1 aromatic heterocycles. The number of para-hydroxylation sites is 1. The summed E-state index contributed by atoms with van der Waals surface area (Å²) in [5, 5.41) is 9.40. The number of aromatic nitrogens is 3. The molecule has 2 N–H and O–H groups in total. The van der Waals surface area contributed by atoms with Crippen LogP contribution in [0.3, 0.4) is 0 Å². The molecule has 0 aliphatic rings. The van der Waals surface area contributed by atoms with Gasteiger partial charge in [-0.1, -0.05) is 30.0 Å². The van der Waals surface area contributed by atoms with E-state index in [0.717, 1.165) is 35.7 Å². The van der Waals surface area contributed by atoms with Crippen LogP contribution in [-0.4, -0.2) is 39.5 Å². The van der Waals surface area contributed by atoms with Crippen molar-refractivity contribution in [2.75, 3.05) is 23.7 Å². The molecule has 0 atom stereocenters. The van der Waals surface area contributed by atoms with E-state index in [4.69, 9.17) is 5.73 Å². The van der Waals surface area contributed by atoms with Crippen LogP contribution in [0.5, 0.6) is 0 Å². The summed E-state index contributed by atoms with van der Waals surface area (Å²) in [5.41, 5.74) is 9.57. The minimum Gasteiger partial charge on any atom is -0.372 e. The average molecular weight is 396 g/mol. The van der Waals surface area contributed by atoms with Gasteiger partial charge in [0.2, 0.25) is 5.91 Å². The Kier molecular flexibility index (Phi) is 6.36. The highest BCUT2D eigenvalue weighted by Crippen LogP contribution is 2.30. The molecule has 7 heteroatoms. The SMILES string of the molecule is CCN(CC)c1ccc(-c2nnc(SCC(N)=O)n2-c2ccccc2C)cc1. The lowest BCUT2D eigenvalue weighted by Gasteiger charge is -2.21. The summed E-state index contributed by atoms with van der Waals surface area (Å²) in [5.74, 6) is 0.520. The zero-order chi connectivity index (χ0) is 20.1. The lowest BCUT2D eigenvalue weighted by molar-refractivity contribution is -0.115. The Labute approximate surface area is 169 Å². The molecule has 0 bridgehead atoms. The van der Waals surface area contributed by atoms with Crippen molar-refractivity contribution in [3.8, 4) is 17.1 Å². The predicted octanol–water partition coefficient (Wildman–Crippen LogP) is 3.67. The predicted molar refractivity (Wildman–Crippen MR) is 115 cm³/mol. The van der Waals surface area contributed by atoms with E-state index < -0.39 is 0 Å². The number of aryl methyl sites for hydroxylation is 1. The Balaban J connectivity index is 2.06. The quantitative estimate of drug-likeness (QED) is 0.589. The van der Waals surface area contributed by atoms with Gasteiger partial charge >= 0.3 is 0 Å². The van der Waals surface area contributed by atoms with Gasteiger partial charge < -0.3 is 10.6 Å². The first-order chi connectivity index (χ1) is 13.5. The van der Waals surface area contributed by atoms with Crippen LogP contribution in [0.1, 0.15) is 19.4 Å². The monoisotopic (exact) mass is 395 g/mol. The van der Waals surface area contributed by atoms with Crippen molar-refractivity contribution >= 4 is 23.4 Å². The molecule has 1 amide bonds. The number of thioether (sulfide) groups is 1. The number of rotatable bonds is 8. The molecule has 0 aliphatic carbocycles. The summed E-state index contributed by atoms with van der Waals surface area (Å²) in [6.45, 7) is 8.26. The molecule has 3 aromatic rings. The third kappa shape index (κ3) is 4.20. The smallest absolute Gasteiger partial charge is 0.227 e. The number of nitrogens with zero attached hydrogens (tertiary/aromatic N) is 4. The molecular weight excluding hydrogens is 370 g/mol. The van der Waals surface area contributed by atoms with Crippen molar-refractivity contribution in [1.82, 2.24) is 14.8 Å². The highest BCUT2D eigenvalue weighted by Gasteiger charge is 2.18. The van der Waals surface area contributed by atoms with Crippen LogP contribution in [0.4, 0.5) is 5.69 Å². The number of primary amides is 1. The highest BCUT2D eigenvalue weighted by atomic mass is 32.2. The maximum atomic E-state index is 11.3. The molecular formula is C21H25N5OS. The van der Waals surface area contributed by atoms with E-state index in [-0.39, 0.29) is 11.7 Å². The summed E-state index contributed by atoms with van der Waals surface area (Å²) in [7, 11) is 0. The molecule has 0 spiro atoms. The molecule has 0 saturated heterocycles. The number of benzene rings is 2. The van der Waals surface area contributed by atoms with Crippen molar-refractivity contribution in [1.29, 1.82) is 0 Å². The van der Waals surface area contributed by atoms with Gasteiger partial charge in [-0.25, -0.2) is 0 Å². The molecule has 0 fully saturated rings. The third-order valence-corrected chi connectivity index (χ3v) is 5.54. The normalized spacial score (nSPS) is 10.8. The summed E-state index contributed by atoms with van der Waals surface area (Å²) in [6.07, 6.45) is 0. The van der Waals surface area contributed by atoms with E-state index in [1.54, 1.807) is 0 Å². The second kappa shape index (κ2) is 8.93. The summed E-state index contributed by atoms with van der Waals surface area (Å²) < 4.78 is 2.00. The Morgan fingerprint density at radius 3 is 2.36 bits per heavy atom. The van der Waals surface area contributed by atoms with E-state index in [1.807, 2.05) is 35.8 Å². The average Bonchev–Trinajstić information content (AvgIpc) is 3.12. The largest absolute Gasteiger partial charge is 0.372 e. The van der Waals surface area contributed by atoms with Crippen LogP contribution in [-0.2, 0) is 4.79 Å². The lowest BCUT2D eigenvalue weighted by Crippen LogP contribution is -2.21. The van der Waals surface area contributed by atoms with Gasteiger partial charge in [0, 0.05) is 24.3 Å². The molecule has 6 nitrogen and oxygen atoms in total. The lowest BCUT2D eigenvalue weighted by atomic mass is 10.1. The van der Waals surface area contributed by atoms with E-state index in [2.05, 4.69) is 53.2 Å². The van der Waals surface area contributed by atoms with Crippen LogP contribution in [0.2, 0.25) is 0 Å². The van der Waals surface area contributed by atoms with Crippen molar-refractivity contribution < 1.29 is 4.79 Å².